The quantitative estimate of drug-likeness (QED) is 0.454. The fourth-order valence-electron chi connectivity index (χ4n) is 4.78. The van der Waals surface area contributed by atoms with E-state index in [-0.39, 0.29) is 11.7 Å². The number of nitrogens with one attached hydrogen (secondary N) is 1. The number of halogens is 1. The summed E-state index contributed by atoms with van der Waals surface area (Å²) in [5.41, 5.74) is 4.16. The van der Waals surface area contributed by atoms with Crippen molar-refractivity contribution in [3.05, 3.63) is 101 Å². The van der Waals surface area contributed by atoms with Gasteiger partial charge >= 0.3 is 6.09 Å². The molecule has 1 amide bonds. The number of amides is 1. The van der Waals surface area contributed by atoms with E-state index >= 15 is 0 Å². The van der Waals surface area contributed by atoms with E-state index < -0.39 is 6.09 Å². The second-order valence-corrected chi connectivity index (χ2v) is 8.60. The molecule has 5 heteroatoms. The maximum absolute atomic E-state index is 14.1. The topological polar surface area (TPSA) is 41.6 Å². The Balaban J connectivity index is 1.50. The van der Waals surface area contributed by atoms with Crippen molar-refractivity contribution in [1.82, 2.24) is 4.90 Å². The maximum atomic E-state index is 14.1. The summed E-state index contributed by atoms with van der Waals surface area (Å²) < 4.78 is 19.1. The van der Waals surface area contributed by atoms with Gasteiger partial charge in [0.2, 0.25) is 0 Å². The molecule has 0 aromatic heterocycles. The second-order valence-electron chi connectivity index (χ2n) is 8.60. The lowest BCUT2D eigenvalue weighted by Crippen LogP contribution is -2.35. The number of anilines is 1. The first-order valence-electron chi connectivity index (χ1n) is 11.7. The Labute approximate surface area is 195 Å². The zero-order valence-electron chi connectivity index (χ0n) is 19.0. The summed E-state index contributed by atoms with van der Waals surface area (Å²) in [6.07, 6.45) is 1.64. The Morgan fingerprint density at radius 3 is 2.39 bits per heavy atom. The van der Waals surface area contributed by atoms with Gasteiger partial charge in [-0.25, -0.2) is 9.18 Å². The Hall–Kier alpha value is -3.18. The third-order valence-electron chi connectivity index (χ3n) is 6.35. The molecule has 0 bridgehead atoms. The molecule has 1 heterocycles. The molecule has 1 saturated heterocycles. The minimum absolute atomic E-state index is 0.108. The summed E-state index contributed by atoms with van der Waals surface area (Å²) in [7, 11) is 0. The Morgan fingerprint density at radius 2 is 1.73 bits per heavy atom. The van der Waals surface area contributed by atoms with Crippen LogP contribution >= 0.6 is 0 Å². The Kier molecular flexibility index (Phi) is 7.74. The standard InChI is InChI=1S/C28H31FN2O2/c1-2-33-28(32)30-26-13-11-22(12-14-26)27(24-9-6-10-25(29)19-24)23-15-17-31(18-16-23)20-21-7-4-3-5-8-21/h3-14,19,23,27H,2,15-18,20H2,1H3,(H,30,32). The number of ether oxygens (including phenoxy) is 1. The van der Waals surface area contributed by atoms with Crippen molar-refractivity contribution in [3.63, 3.8) is 0 Å². The van der Waals surface area contributed by atoms with Gasteiger partial charge in [0.25, 0.3) is 0 Å². The van der Waals surface area contributed by atoms with E-state index in [2.05, 4.69) is 34.5 Å². The van der Waals surface area contributed by atoms with Crippen molar-refractivity contribution in [2.24, 2.45) is 5.92 Å². The number of rotatable bonds is 7. The summed E-state index contributed by atoms with van der Waals surface area (Å²) in [6.45, 7) is 5.11. The lowest BCUT2D eigenvalue weighted by molar-refractivity contribution is 0.168. The molecule has 1 N–H and O–H groups in total. The van der Waals surface area contributed by atoms with Gasteiger partial charge in [0.15, 0.2) is 0 Å². The van der Waals surface area contributed by atoms with E-state index in [9.17, 15) is 9.18 Å². The number of carbonyl (C=O) groups is 1. The van der Waals surface area contributed by atoms with E-state index in [1.54, 1.807) is 19.1 Å². The van der Waals surface area contributed by atoms with Crippen molar-refractivity contribution < 1.29 is 13.9 Å². The van der Waals surface area contributed by atoms with Crippen molar-refractivity contribution in [1.29, 1.82) is 0 Å². The number of carbonyl (C=O) groups excluding carboxylic acids is 1. The van der Waals surface area contributed by atoms with Gasteiger partial charge in [-0.2, -0.15) is 0 Å². The smallest absolute Gasteiger partial charge is 0.411 e. The van der Waals surface area contributed by atoms with E-state index in [0.717, 1.165) is 43.6 Å². The molecule has 1 aliphatic heterocycles. The van der Waals surface area contributed by atoms with E-state index in [0.29, 0.717) is 18.2 Å². The monoisotopic (exact) mass is 446 g/mol. The van der Waals surface area contributed by atoms with E-state index in [1.807, 2.05) is 36.4 Å². The molecule has 1 aliphatic rings. The Morgan fingerprint density at radius 1 is 1.00 bits per heavy atom. The number of hydrogen-bond donors (Lipinski definition) is 1. The molecule has 3 aromatic carbocycles. The van der Waals surface area contributed by atoms with Crippen LogP contribution in [0, 0.1) is 11.7 Å². The molecule has 1 unspecified atom stereocenters. The SMILES string of the molecule is CCOC(=O)Nc1ccc(C(c2cccc(F)c2)C2CCN(Cc3ccccc3)CC2)cc1. The summed E-state index contributed by atoms with van der Waals surface area (Å²) in [4.78, 5) is 14.2. The van der Waals surface area contributed by atoms with Crippen LogP contribution in [-0.4, -0.2) is 30.7 Å². The van der Waals surface area contributed by atoms with Gasteiger partial charge in [0.05, 0.1) is 6.61 Å². The average Bonchev–Trinajstić information content (AvgIpc) is 2.82. The molecular formula is C28H31FN2O2. The van der Waals surface area contributed by atoms with Gasteiger partial charge in [-0.15, -0.1) is 0 Å². The molecule has 1 atom stereocenters. The van der Waals surface area contributed by atoms with Gasteiger partial charge in [0, 0.05) is 18.2 Å². The fourth-order valence-corrected chi connectivity index (χ4v) is 4.78. The highest BCUT2D eigenvalue weighted by molar-refractivity contribution is 5.84. The number of nitrogens with zero attached hydrogens (tertiary/aromatic N) is 1. The molecule has 1 fully saturated rings. The number of hydrogen-bond acceptors (Lipinski definition) is 3. The predicted molar refractivity (Wildman–Crippen MR) is 130 cm³/mol. The van der Waals surface area contributed by atoms with E-state index in [1.165, 1.54) is 11.6 Å². The van der Waals surface area contributed by atoms with Crippen LogP contribution in [0.1, 0.15) is 42.4 Å². The van der Waals surface area contributed by atoms with Crippen LogP contribution in [-0.2, 0) is 11.3 Å². The maximum Gasteiger partial charge on any atom is 0.411 e. The second kappa shape index (κ2) is 11.1. The molecular weight excluding hydrogens is 415 g/mol. The Bertz CT molecular complexity index is 1030. The van der Waals surface area contributed by atoms with Crippen LogP contribution in [0.2, 0.25) is 0 Å². The first-order valence-corrected chi connectivity index (χ1v) is 11.7. The van der Waals surface area contributed by atoms with Gasteiger partial charge < -0.3 is 4.74 Å². The lowest BCUT2D eigenvalue weighted by Gasteiger charge is -2.36. The van der Waals surface area contributed by atoms with Crippen LogP contribution in [0.15, 0.2) is 78.9 Å². The lowest BCUT2D eigenvalue weighted by atomic mass is 9.76. The zero-order valence-corrected chi connectivity index (χ0v) is 19.0. The molecule has 0 spiro atoms. The number of benzene rings is 3. The minimum Gasteiger partial charge on any atom is -0.450 e. The summed E-state index contributed by atoms with van der Waals surface area (Å²) >= 11 is 0. The van der Waals surface area contributed by atoms with Gasteiger partial charge in [-0.3, -0.25) is 10.2 Å². The molecule has 3 aromatic rings. The minimum atomic E-state index is -0.460. The molecule has 0 aliphatic carbocycles. The van der Waals surface area contributed by atoms with E-state index in [4.69, 9.17) is 4.74 Å². The summed E-state index contributed by atoms with van der Waals surface area (Å²) in [5, 5.41) is 2.74. The third-order valence-corrected chi connectivity index (χ3v) is 6.35. The number of piperidine rings is 1. The zero-order chi connectivity index (χ0) is 23.0. The molecule has 172 valence electrons. The first kappa shape index (κ1) is 23.0. The predicted octanol–water partition coefficient (Wildman–Crippen LogP) is 6.44. The van der Waals surface area contributed by atoms with Gasteiger partial charge in [0.1, 0.15) is 5.82 Å². The van der Waals surface area contributed by atoms with Crippen molar-refractivity contribution in [3.8, 4) is 0 Å². The van der Waals surface area contributed by atoms with Crippen LogP contribution in [0.5, 0.6) is 0 Å². The number of likely N-dealkylation sites (tertiary alicyclic amines) is 1. The molecule has 33 heavy (non-hydrogen) atoms. The van der Waals surface area contributed by atoms with Crippen LogP contribution in [0.3, 0.4) is 0 Å². The summed E-state index contributed by atoms with van der Waals surface area (Å²) in [5.74, 6) is 0.318. The highest BCUT2D eigenvalue weighted by Crippen LogP contribution is 2.39. The van der Waals surface area contributed by atoms with Crippen LogP contribution in [0.25, 0.3) is 0 Å². The largest absolute Gasteiger partial charge is 0.450 e. The summed E-state index contributed by atoms with van der Waals surface area (Å²) in [6, 6.07) is 25.4. The van der Waals surface area contributed by atoms with Gasteiger partial charge in [-0.1, -0.05) is 54.6 Å². The van der Waals surface area contributed by atoms with Crippen LogP contribution < -0.4 is 5.32 Å². The highest BCUT2D eigenvalue weighted by atomic mass is 19.1. The molecule has 4 nitrogen and oxygen atoms in total. The normalized spacial score (nSPS) is 15.7. The molecule has 0 radical (unpaired) electrons. The van der Waals surface area contributed by atoms with Crippen molar-refractivity contribution in [2.45, 2.75) is 32.2 Å². The van der Waals surface area contributed by atoms with Crippen molar-refractivity contribution >= 4 is 11.8 Å². The van der Waals surface area contributed by atoms with Crippen LogP contribution in [0.4, 0.5) is 14.9 Å². The first-order chi connectivity index (χ1) is 16.1. The fraction of sp³-hybridized carbons (Fsp3) is 0.321. The molecule has 0 saturated carbocycles. The highest BCUT2D eigenvalue weighted by Gasteiger charge is 2.29. The van der Waals surface area contributed by atoms with Gasteiger partial charge in [-0.05, 0) is 79.7 Å². The van der Waals surface area contributed by atoms with Crippen molar-refractivity contribution in [2.75, 3.05) is 25.0 Å². The average molecular weight is 447 g/mol. The molecule has 4 rings (SSSR count). The third kappa shape index (κ3) is 6.20.